The second-order valence-electron chi connectivity index (χ2n) is 7.06. The van der Waals surface area contributed by atoms with E-state index in [-0.39, 0.29) is 5.91 Å². The Morgan fingerprint density at radius 2 is 1.97 bits per heavy atom. The number of aromatic nitrogens is 1. The smallest absolute Gasteiger partial charge is 0.251 e. The summed E-state index contributed by atoms with van der Waals surface area (Å²) in [6.45, 7) is 5.80. The Bertz CT molecular complexity index is 979. The zero-order valence-corrected chi connectivity index (χ0v) is 18.3. The van der Waals surface area contributed by atoms with Crippen LogP contribution >= 0.6 is 11.3 Å². The average Bonchev–Trinajstić information content (AvgIpc) is 3.44. The van der Waals surface area contributed by atoms with E-state index in [0.29, 0.717) is 37.1 Å². The lowest BCUT2D eigenvalue weighted by molar-refractivity contribution is 0.0948. The number of hydrogen-bond donors (Lipinski definition) is 3. The van der Waals surface area contributed by atoms with Gasteiger partial charge in [-0.15, -0.1) is 11.3 Å². The second kappa shape index (κ2) is 10.6. The number of carbonyl (C=O) groups is 1. The zero-order chi connectivity index (χ0) is 21.3. The van der Waals surface area contributed by atoms with Gasteiger partial charge in [0.05, 0.1) is 25.0 Å². The largest absolute Gasteiger partial charge is 0.467 e. The van der Waals surface area contributed by atoms with Crippen molar-refractivity contribution in [1.82, 2.24) is 20.9 Å². The van der Waals surface area contributed by atoms with E-state index in [4.69, 9.17) is 4.42 Å². The number of benzene rings is 1. The van der Waals surface area contributed by atoms with Crippen LogP contribution in [0.15, 0.2) is 57.5 Å². The minimum absolute atomic E-state index is 0.138. The number of guanidine groups is 1. The maximum atomic E-state index is 12.4. The highest BCUT2D eigenvalue weighted by molar-refractivity contribution is 7.09. The van der Waals surface area contributed by atoms with Crippen molar-refractivity contribution in [3.8, 4) is 0 Å². The van der Waals surface area contributed by atoms with Gasteiger partial charge in [0, 0.05) is 24.5 Å². The van der Waals surface area contributed by atoms with Crippen LogP contribution in [0.2, 0.25) is 0 Å². The predicted molar refractivity (Wildman–Crippen MR) is 120 cm³/mol. The Morgan fingerprint density at radius 1 is 1.13 bits per heavy atom. The molecule has 158 valence electrons. The lowest BCUT2D eigenvalue weighted by Gasteiger charge is -2.12. The number of aliphatic imine (C=N–C) groups is 1. The van der Waals surface area contributed by atoms with Crippen molar-refractivity contribution >= 4 is 23.2 Å². The molecule has 3 N–H and O–H groups in total. The van der Waals surface area contributed by atoms with Crippen LogP contribution in [0.4, 0.5) is 0 Å². The van der Waals surface area contributed by atoms with Crippen molar-refractivity contribution < 1.29 is 9.21 Å². The van der Waals surface area contributed by atoms with Crippen molar-refractivity contribution in [2.45, 2.75) is 39.4 Å². The number of rotatable bonds is 8. The van der Waals surface area contributed by atoms with Crippen LogP contribution in [-0.4, -0.2) is 23.9 Å². The van der Waals surface area contributed by atoms with Gasteiger partial charge in [0.15, 0.2) is 5.96 Å². The van der Waals surface area contributed by atoms with Crippen LogP contribution < -0.4 is 16.0 Å². The van der Waals surface area contributed by atoms with E-state index in [0.717, 1.165) is 22.0 Å². The Labute approximate surface area is 180 Å². The summed E-state index contributed by atoms with van der Waals surface area (Å²) in [5, 5.41) is 12.5. The standard InChI is InChI=1S/C22H27N5O2S/c1-15(2)19-14-30-20(27-19)13-26-22(23-3)25-11-16-6-4-7-17(10-16)21(28)24-12-18-8-5-9-29-18/h4-10,14-15H,11-13H2,1-3H3,(H,24,28)(H2,23,25,26). The first-order valence-electron chi connectivity index (χ1n) is 9.83. The molecule has 0 radical (unpaired) electrons. The van der Waals surface area contributed by atoms with Crippen LogP contribution in [0.5, 0.6) is 0 Å². The molecule has 0 spiro atoms. The fraction of sp³-hybridized carbons (Fsp3) is 0.318. The van der Waals surface area contributed by atoms with Gasteiger partial charge in [0.2, 0.25) is 0 Å². The monoisotopic (exact) mass is 425 g/mol. The molecule has 0 bridgehead atoms. The topological polar surface area (TPSA) is 91.5 Å². The van der Waals surface area contributed by atoms with Gasteiger partial charge in [-0.2, -0.15) is 0 Å². The number of nitrogens with one attached hydrogen (secondary N) is 3. The molecule has 8 heteroatoms. The van der Waals surface area contributed by atoms with Crippen LogP contribution in [0, 0.1) is 0 Å². The van der Waals surface area contributed by atoms with Gasteiger partial charge in [-0.3, -0.25) is 9.79 Å². The minimum Gasteiger partial charge on any atom is -0.467 e. The molecule has 0 aliphatic carbocycles. The number of thiazole rings is 1. The fourth-order valence-corrected chi connectivity index (χ4v) is 3.64. The Kier molecular flexibility index (Phi) is 7.62. The van der Waals surface area contributed by atoms with E-state index < -0.39 is 0 Å². The number of nitrogens with zero attached hydrogens (tertiary/aromatic N) is 2. The summed E-state index contributed by atoms with van der Waals surface area (Å²) in [5.74, 6) is 1.69. The van der Waals surface area contributed by atoms with Crippen molar-refractivity contribution in [2.75, 3.05) is 7.05 Å². The molecule has 0 fully saturated rings. The molecular formula is C22H27N5O2S. The molecule has 3 aromatic rings. The van der Waals surface area contributed by atoms with Crippen LogP contribution in [0.3, 0.4) is 0 Å². The molecule has 3 rings (SSSR count). The molecule has 0 saturated heterocycles. The fourth-order valence-electron chi connectivity index (χ4n) is 2.74. The first-order chi connectivity index (χ1) is 14.5. The number of hydrogen-bond acceptors (Lipinski definition) is 5. The third-order valence-electron chi connectivity index (χ3n) is 4.44. The molecule has 0 aliphatic heterocycles. The summed E-state index contributed by atoms with van der Waals surface area (Å²) < 4.78 is 5.24. The SMILES string of the molecule is CN=C(NCc1cccc(C(=O)NCc2ccco2)c1)NCc1nc(C(C)C)cs1. The summed E-state index contributed by atoms with van der Waals surface area (Å²) in [6.07, 6.45) is 1.59. The van der Waals surface area contributed by atoms with Gasteiger partial charge in [0.25, 0.3) is 5.91 Å². The molecular weight excluding hydrogens is 398 g/mol. The van der Waals surface area contributed by atoms with Gasteiger partial charge in [0.1, 0.15) is 10.8 Å². The maximum Gasteiger partial charge on any atom is 0.251 e. The highest BCUT2D eigenvalue weighted by Gasteiger charge is 2.09. The number of furan rings is 1. The molecule has 0 aliphatic rings. The van der Waals surface area contributed by atoms with E-state index >= 15 is 0 Å². The van der Waals surface area contributed by atoms with Gasteiger partial charge >= 0.3 is 0 Å². The highest BCUT2D eigenvalue weighted by atomic mass is 32.1. The molecule has 7 nitrogen and oxygen atoms in total. The summed E-state index contributed by atoms with van der Waals surface area (Å²) in [7, 11) is 1.73. The Balaban J connectivity index is 1.50. The van der Waals surface area contributed by atoms with Crippen molar-refractivity contribution in [1.29, 1.82) is 0 Å². The lowest BCUT2D eigenvalue weighted by atomic mass is 10.1. The summed E-state index contributed by atoms with van der Waals surface area (Å²) in [6, 6.07) is 11.1. The summed E-state index contributed by atoms with van der Waals surface area (Å²) >= 11 is 1.65. The van der Waals surface area contributed by atoms with Crippen molar-refractivity contribution in [3.05, 3.63) is 75.6 Å². The maximum absolute atomic E-state index is 12.4. The molecule has 0 unspecified atom stereocenters. The molecule has 0 atom stereocenters. The van der Waals surface area contributed by atoms with Crippen LogP contribution in [-0.2, 0) is 19.6 Å². The third kappa shape index (κ3) is 6.18. The van der Waals surface area contributed by atoms with Crippen LogP contribution in [0.1, 0.15) is 52.1 Å². The third-order valence-corrected chi connectivity index (χ3v) is 5.31. The second-order valence-corrected chi connectivity index (χ2v) is 8.01. The first kappa shape index (κ1) is 21.6. The molecule has 30 heavy (non-hydrogen) atoms. The highest BCUT2D eigenvalue weighted by Crippen LogP contribution is 2.17. The lowest BCUT2D eigenvalue weighted by Crippen LogP contribution is -2.36. The van der Waals surface area contributed by atoms with Gasteiger partial charge in [-0.25, -0.2) is 4.98 Å². The van der Waals surface area contributed by atoms with Gasteiger partial charge < -0.3 is 20.4 Å². The van der Waals surface area contributed by atoms with Gasteiger partial charge in [-0.1, -0.05) is 26.0 Å². The van der Waals surface area contributed by atoms with Gasteiger partial charge in [-0.05, 0) is 35.7 Å². The average molecular weight is 426 g/mol. The Morgan fingerprint density at radius 3 is 2.67 bits per heavy atom. The Hall–Kier alpha value is -3.13. The van der Waals surface area contributed by atoms with E-state index in [9.17, 15) is 4.79 Å². The van der Waals surface area contributed by atoms with Crippen molar-refractivity contribution in [3.63, 3.8) is 0 Å². The van der Waals surface area contributed by atoms with E-state index in [1.54, 1.807) is 36.8 Å². The van der Waals surface area contributed by atoms with Crippen LogP contribution in [0.25, 0.3) is 0 Å². The predicted octanol–water partition coefficient (Wildman–Crippen LogP) is 3.65. The molecule has 1 aromatic carbocycles. The van der Waals surface area contributed by atoms with E-state index in [1.165, 1.54) is 0 Å². The molecule has 0 saturated carbocycles. The van der Waals surface area contributed by atoms with Crippen molar-refractivity contribution in [2.24, 2.45) is 4.99 Å². The minimum atomic E-state index is -0.138. The summed E-state index contributed by atoms with van der Waals surface area (Å²) in [4.78, 5) is 21.3. The molecule has 1 amide bonds. The normalized spacial score (nSPS) is 11.5. The summed E-state index contributed by atoms with van der Waals surface area (Å²) in [5.41, 5.74) is 2.70. The first-order valence-corrected chi connectivity index (χ1v) is 10.7. The van der Waals surface area contributed by atoms with E-state index in [1.807, 2.05) is 24.3 Å². The number of carbonyl (C=O) groups excluding carboxylic acids is 1. The van der Waals surface area contributed by atoms with E-state index in [2.05, 4.69) is 45.2 Å². The zero-order valence-electron chi connectivity index (χ0n) is 17.4. The number of amides is 1. The quantitative estimate of drug-likeness (QED) is 0.378. The molecule has 2 aromatic heterocycles. The molecule has 2 heterocycles.